The first-order chi connectivity index (χ1) is 9.16. The van der Waals surface area contributed by atoms with Gasteiger partial charge in [-0.3, -0.25) is 0 Å². The molecule has 2 N–H and O–H groups in total. The van der Waals surface area contributed by atoms with Crippen LogP contribution in [-0.2, 0) is 0 Å². The topological polar surface area (TPSA) is 49.3 Å². The van der Waals surface area contributed by atoms with Gasteiger partial charge in [0.1, 0.15) is 0 Å². The van der Waals surface area contributed by atoms with Gasteiger partial charge in [-0.05, 0) is 30.5 Å². The van der Waals surface area contributed by atoms with E-state index in [2.05, 4.69) is 21.2 Å². The van der Waals surface area contributed by atoms with Gasteiger partial charge in [-0.1, -0.05) is 48.0 Å². The summed E-state index contributed by atoms with van der Waals surface area (Å²) in [5, 5.41) is 12.4. The Morgan fingerprint density at radius 1 is 1.32 bits per heavy atom. The molecule has 2 rings (SSSR count). The predicted octanol–water partition coefficient (Wildman–Crippen LogP) is 4.53. The SMILES string of the molecule is O=C(O)c1ccc(Br)cc1NCCC1CCCCC1. The molecule has 1 aromatic rings. The van der Waals surface area contributed by atoms with Crippen LogP contribution in [-0.4, -0.2) is 17.6 Å². The number of halogens is 1. The largest absolute Gasteiger partial charge is 0.478 e. The highest BCUT2D eigenvalue weighted by atomic mass is 79.9. The van der Waals surface area contributed by atoms with Crippen LogP contribution in [0.5, 0.6) is 0 Å². The zero-order valence-corrected chi connectivity index (χ0v) is 12.6. The maximum atomic E-state index is 11.1. The van der Waals surface area contributed by atoms with E-state index < -0.39 is 5.97 Å². The molecule has 1 aliphatic rings. The number of rotatable bonds is 5. The average Bonchev–Trinajstić information content (AvgIpc) is 2.39. The normalized spacial score (nSPS) is 16.3. The minimum atomic E-state index is -0.882. The van der Waals surface area contributed by atoms with Crippen LogP contribution in [0, 0.1) is 5.92 Å². The highest BCUT2D eigenvalue weighted by molar-refractivity contribution is 9.10. The molecule has 0 radical (unpaired) electrons. The second-order valence-corrected chi connectivity index (χ2v) is 6.13. The van der Waals surface area contributed by atoms with Gasteiger partial charge in [-0.25, -0.2) is 4.79 Å². The summed E-state index contributed by atoms with van der Waals surface area (Å²) >= 11 is 3.38. The molecule has 0 atom stereocenters. The second kappa shape index (κ2) is 6.94. The lowest BCUT2D eigenvalue weighted by Gasteiger charge is -2.22. The number of benzene rings is 1. The number of nitrogens with one attached hydrogen (secondary N) is 1. The van der Waals surface area contributed by atoms with Crippen LogP contribution in [0.3, 0.4) is 0 Å². The molecule has 0 heterocycles. The van der Waals surface area contributed by atoms with Gasteiger partial charge in [0.2, 0.25) is 0 Å². The van der Waals surface area contributed by atoms with E-state index in [1.807, 2.05) is 6.07 Å². The van der Waals surface area contributed by atoms with Gasteiger partial charge in [-0.2, -0.15) is 0 Å². The number of carboxylic acid groups (broad SMARTS) is 1. The molecule has 0 unspecified atom stereocenters. The number of hydrogen-bond donors (Lipinski definition) is 2. The van der Waals surface area contributed by atoms with Crippen molar-refractivity contribution in [2.45, 2.75) is 38.5 Å². The zero-order chi connectivity index (χ0) is 13.7. The van der Waals surface area contributed by atoms with Gasteiger partial charge >= 0.3 is 5.97 Å². The van der Waals surface area contributed by atoms with Crippen molar-refractivity contribution < 1.29 is 9.90 Å². The quantitative estimate of drug-likeness (QED) is 0.836. The number of carboxylic acids is 1. The van der Waals surface area contributed by atoms with Crippen molar-refractivity contribution in [1.29, 1.82) is 0 Å². The fraction of sp³-hybridized carbons (Fsp3) is 0.533. The lowest BCUT2D eigenvalue weighted by atomic mass is 9.87. The Labute approximate surface area is 122 Å². The molecule has 0 amide bonds. The Balaban J connectivity index is 1.91. The summed E-state index contributed by atoms with van der Waals surface area (Å²) < 4.78 is 0.901. The number of hydrogen-bond acceptors (Lipinski definition) is 2. The van der Waals surface area contributed by atoms with Gasteiger partial charge in [0.05, 0.1) is 5.56 Å². The summed E-state index contributed by atoms with van der Waals surface area (Å²) in [5.74, 6) is -0.0747. The molecule has 1 aliphatic carbocycles. The first-order valence-corrected chi connectivity index (χ1v) is 7.73. The first kappa shape index (κ1) is 14.4. The Morgan fingerprint density at radius 3 is 2.74 bits per heavy atom. The Hall–Kier alpha value is -1.03. The first-order valence-electron chi connectivity index (χ1n) is 6.93. The summed E-state index contributed by atoms with van der Waals surface area (Å²) in [7, 11) is 0. The summed E-state index contributed by atoms with van der Waals surface area (Å²) in [6, 6.07) is 5.23. The van der Waals surface area contributed by atoms with E-state index in [-0.39, 0.29) is 0 Å². The Bertz CT molecular complexity index is 442. The lowest BCUT2D eigenvalue weighted by molar-refractivity contribution is 0.0698. The van der Waals surface area contributed by atoms with Crippen molar-refractivity contribution >= 4 is 27.6 Å². The van der Waals surface area contributed by atoms with E-state index in [4.69, 9.17) is 5.11 Å². The predicted molar refractivity (Wildman–Crippen MR) is 80.8 cm³/mol. The van der Waals surface area contributed by atoms with E-state index in [0.717, 1.165) is 23.4 Å². The van der Waals surface area contributed by atoms with Gasteiger partial charge in [-0.15, -0.1) is 0 Å². The number of anilines is 1. The van der Waals surface area contributed by atoms with E-state index in [9.17, 15) is 4.79 Å². The van der Waals surface area contributed by atoms with E-state index in [0.29, 0.717) is 11.3 Å². The maximum Gasteiger partial charge on any atom is 0.337 e. The fourth-order valence-corrected chi connectivity index (χ4v) is 3.10. The monoisotopic (exact) mass is 325 g/mol. The summed E-state index contributed by atoms with van der Waals surface area (Å²) in [6.45, 7) is 0.849. The zero-order valence-electron chi connectivity index (χ0n) is 11.0. The molecule has 1 saturated carbocycles. The molecule has 1 fully saturated rings. The summed E-state index contributed by atoms with van der Waals surface area (Å²) in [4.78, 5) is 11.1. The molecule has 4 heteroatoms. The molecule has 19 heavy (non-hydrogen) atoms. The standard InChI is InChI=1S/C15H20BrNO2/c16-12-6-7-13(15(18)19)14(10-12)17-9-8-11-4-2-1-3-5-11/h6-7,10-11,17H,1-5,8-9H2,(H,18,19). The molecule has 0 bridgehead atoms. The maximum absolute atomic E-state index is 11.1. The minimum Gasteiger partial charge on any atom is -0.478 e. The van der Waals surface area contributed by atoms with Gasteiger partial charge < -0.3 is 10.4 Å². The van der Waals surface area contributed by atoms with Crippen LogP contribution in [0.4, 0.5) is 5.69 Å². The highest BCUT2D eigenvalue weighted by Gasteiger charge is 2.14. The van der Waals surface area contributed by atoms with Crippen molar-refractivity contribution in [3.63, 3.8) is 0 Å². The van der Waals surface area contributed by atoms with Crippen molar-refractivity contribution in [2.24, 2.45) is 5.92 Å². The Kier molecular flexibility index (Phi) is 5.25. The van der Waals surface area contributed by atoms with Crippen LogP contribution < -0.4 is 5.32 Å². The molecule has 0 aromatic heterocycles. The van der Waals surface area contributed by atoms with Crippen LogP contribution >= 0.6 is 15.9 Å². The Morgan fingerprint density at radius 2 is 2.05 bits per heavy atom. The average molecular weight is 326 g/mol. The molecule has 1 aromatic carbocycles. The van der Waals surface area contributed by atoms with Gasteiger partial charge in [0, 0.05) is 16.7 Å². The fourth-order valence-electron chi connectivity index (χ4n) is 2.74. The van der Waals surface area contributed by atoms with Crippen molar-refractivity contribution in [2.75, 3.05) is 11.9 Å². The van der Waals surface area contributed by atoms with Gasteiger partial charge in [0.25, 0.3) is 0 Å². The number of carbonyl (C=O) groups is 1. The second-order valence-electron chi connectivity index (χ2n) is 5.21. The van der Waals surface area contributed by atoms with Crippen molar-refractivity contribution in [3.05, 3.63) is 28.2 Å². The molecule has 0 saturated heterocycles. The third kappa shape index (κ3) is 4.23. The van der Waals surface area contributed by atoms with E-state index in [1.165, 1.54) is 32.1 Å². The summed E-state index contributed by atoms with van der Waals surface area (Å²) in [6.07, 6.45) is 7.85. The highest BCUT2D eigenvalue weighted by Crippen LogP contribution is 2.27. The van der Waals surface area contributed by atoms with Crippen LogP contribution in [0.1, 0.15) is 48.9 Å². The van der Waals surface area contributed by atoms with E-state index >= 15 is 0 Å². The summed E-state index contributed by atoms with van der Waals surface area (Å²) in [5.41, 5.74) is 1.05. The molecule has 0 spiro atoms. The van der Waals surface area contributed by atoms with Crippen LogP contribution in [0.25, 0.3) is 0 Å². The van der Waals surface area contributed by atoms with Gasteiger partial charge in [0.15, 0.2) is 0 Å². The third-order valence-corrected chi connectivity index (χ3v) is 4.30. The lowest BCUT2D eigenvalue weighted by Crippen LogP contribution is -2.13. The van der Waals surface area contributed by atoms with Crippen molar-refractivity contribution in [3.8, 4) is 0 Å². The molecule has 104 valence electrons. The van der Waals surface area contributed by atoms with Crippen LogP contribution in [0.15, 0.2) is 22.7 Å². The number of aromatic carboxylic acids is 1. The molecule has 3 nitrogen and oxygen atoms in total. The smallest absolute Gasteiger partial charge is 0.337 e. The van der Waals surface area contributed by atoms with Crippen molar-refractivity contribution in [1.82, 2.24) is 0 Å². The van der Waals surface area contributed by atoms with E-state index in [1.54, 1.807) is 12.1 Å². The molecule has 0 aliphatic heterocycles. The van der Waals surface area contributed by atoms with Crippen LogP contribution in [0.2, 0.25) is 0 Å². The molecular formula is C15H20BrNO2. The third-order valence-electron chi connectivity index (χ3n) is 3.80. The minimum absolute atomic E-state index is 0.340. The molecular weight excluding hydrogens is 306 g/mol.